The lowest BCUT2D eigenvalue weighted by Crippen LogP contribution is -1.98. The lowest BCUT2D eigenvalue weighted by atomic mass is 10.2. The van der Waals surface area contributed by atoms with Gasteiger partial charge in [0.25, 0.3) is 0 Å². The molecule has 1 N–H and O–H groups in total. The largest absolute Gasteiger partial charge is 0.494 e. The summed E-state index contributed by atoms with van der Waals surface area (Å²) in [7, 11) is 0. The molecule has 0 amide bonds. The van der Waals surface area contributed by atoms with Crippen LogP contribution in [0.4, 0.5) is 5.69 Å². The van der Waals surface area contributed by atoms with E-state index in [2.05, 4.69) is 47.1 Å². The number of hydrogen-bond acceptors (Lipinski definition) is 3. The molecular weight excluding hydrogens is 266 g/mol. The molecule has 0 radical (unpaired) electrons. The number of hydrogen-bond donors (Lipinski definition) is 1. The minimum absolute atomic E-state index is 0.702. The van der Waals surface area contributed by atoms with E-state index in [1.807, 2.05) is 19.1 Å². The third kappa shape index (κ3) is 2.78. The van der Waals surface area contributed by atoms with Crippen LogP contribution in [0.1, 0.15) is 12.5 Å². The van der Waals surface area contributed by atoms with Gasteiger partial charge in [-0.05, 0) is 53.6 Å². The van der Waals surface area contributed by atoms with Crippen molar-refractivity contribution in [2.24, 2.45) is 0 Å². The average molecular weight is 283 g/mol. The number of fused-ring (bicyclic) bond motifs is 1. The second kappa shape index (κ2) is 5.97. The van der Waals surface area contributed by atoms with Gasteiger partial charge in [-0.3, -0.25) is 0 Å². The van der Waals surface area contributed by atoms with Crippen LogP contribution in [0.5, 0.6) is 5.75 Å². The molecule has 1 aromatic heterocycles. The lowest BCUT2D eigenvalue weighted by molar-refractivity contribution is 0.340. The van der Waals surface area contributed by atoms with Crippen molar-refractivity contribution in [3.8, 4) is 5.75 Å². The van der Waals surface area contributed by atoms with Crippen LogP contribution in [-0.2, 0) is 6.54 Å². The molecule has 0 unspecified atom stereocenters. The summed E-state index contributed by atoms with van der Waals surface area (Å²) in [5.74, 6) is 0.916. The van der Waals surface area contributed by atoms with Crippen LogP contribution in [0.25, 0.3) is 10.1 Å². The normalized spacial score (nSPS) is 10.7. The van der Waals surface area contributed by atoms with E-state index in [1.54, 1.807) is 11.3 Å². The molecule has 2 nitrogen and oxygen atoms in total. The van der Waals surface area contributed by atoms with Gasteiger partial charge in [0.05, 0.1) is 6.61 Å². The highest BCUT2D eigenvalue weighted by atomic mass is 32.1. The molecule has 20 heavy (non-hydrogen) atoms. The van der Waals surface area contributed by atoms with Gasteiger partial charge in [0.1, 0.15) is 5.75 Å². The summed E-state index contributed by atoms with van der Waals surface area (Å²) in [6, 6.07) is 16.6. The van der Waals surface area contributed by atoms with E-state index < -0.39 is 0 Å². The Labute approximate surface area is 123 Å². The van der Waals surface area contributed by atoms with Gasteiger partial charge in [-0.25, -0.2) is 0 Å². The van der Waals surface area contributed by atoms with E-state index in [4.69, 9.17) is 4.74 Å². The van der Waals surface area contributed by atoms with Gasteiger partial charge >= 0.3 is 0 Å². The van der Waals surface area contributed by atoms with Crippen LogP contribution in [0, 0.1) is 0 Å². The molecule has 0 spiro atoms. The van der Waals surface area contributed by atoms with Crippen LogP contribution >= 0.6 is 11.3 Å². The van der Waals surface area contributed by atoms with Crippen molar-refractivity contribution in [3.63, 3.8) is 0 Å². The first-order chi connectivity index (χ1) is 9.86. The quantitative estimate of drug-likeness (QED) is 0.718. The van der Waals surface area contributed by atoms with Gasteiger partial charge in [-0.15, -0.1) is 11.3 Å². The van der Waals surface area contributed by atoms with Gasteiger partial charge < -0.3 is 10.1 Å². The SMILES string of the molecule is CCOc1ccc(NCc2csc3ccccc23)cc1. The number of nitrogens with one attached hydrogen (secondary N) is 1. The maximum absolute atomic E-state index is 5.44. The van der Waals surface area contributed by atoms with Crippen molar-refractivity contribution in [3.05, 3.63) is 59.5 Å². The van der Waals surface area contributed by atoms with Gasteiger partial charge in [-0.2, -0.15) is 0 Å². The Hall–Kier alpha value is -2.00. The molecule has 3 rings (SSSR count). The van der Waals surface area contributed by atoms with Crippen LogP contribution in [-0.4, -0.2) is 6.61 Å². The summed E-state index contributed by atoms with van der Waals surface area (Å²) in [5.41, 5.74) is 2.46. The van der Waals surface area contributed by atoms with Gasteiger partial charge in [-0.1, -0.05) is 18.2 Å². The van der Waals surface area contributed by atoms with Crippen molar-refractivity contribution in [2.75, 3.05) is 11.9 Å². The van der Waals surface area contributed by atoms with Crippen molar-refractivity contribution in [1.29, 1.82) is 0 Å². The Kier molecular flexibility index (Phi) is 3.88. The van der Waals surface area contributed by atoms with Crippen LogP contribution < -0.4 is 10.1 Å². The number of ether oxygens (including phenoxy) is 1. The summed E-state index contributed by atoms with van der Waals surface area (Å²) < 4.78 is 6.79. The fraction of sp³-hybridized carbons (Fsp3) is 0.176. The molecule has 0 atom stereocenters. The fourth-order valence-corrected chi connectivity index (χ4v) is 3.17. The topological polar surface area (TPSA) is 21.3 Å². The Bertz CT molecular complexity index is 688. The summed E-state index contributed by atoms with van der Waals surface area (Å²) in [6.07, 6.45) is 0. The Balaban J connectivity index is 1.69. The number of anilines is 1. The number of benzene rings is 2. The molecule has 1 heterocycles. The van der Waals surface area contributed by atoms with E-state index in [0.29, 0.717) is 6.61 Å². The van der Waals surface area contributed by atoms with Crippen molar-refractivity contribution >= 4 is 27.1 Å². The summed E-state index contributed by atoms with van der Waals surface area (Å²) >= 11 is 1.80. The van der Waals surface area contributed by atoms with E-state index in [9.17, 15) is 0 Å². The molecule has 0 bridgehead atoms. The maximum atomic E-state index is 5.44. The molecule has 2 aromatic carbocycles. The highest BCUT2D eigenvalue weighted by molar-refractivity contribution is 7.17. The van der Waals surface area contributed by atoms with E-state index in [-0.39, 0.29) is 0 Å². The maximum Gasteiger partial charge on any atom is 0.119 e. The fourth-order valence-electron chi connectivity index (χ4n) is 2.20. The first-order valence-corrected chi connectivity index (χ1v) is 7.66. The first kappa shape index (κ1) is 13.0. The van der Waals surface area contributed by atoms with E-state index >= 15 is 0 Å². The smallest absolute Gasteiger partial charge is 0.119 e. The molecule has 3 heteroatoms. The predicted molar refractivity (Wildman–Crippen MR) is 86.8 cm³/mol. The van der Waals surface area contributed by atoms with Gasteiger partial charge in [0.15, 0.2) is 0 Å². The average Bonchev–Trinajstić information content (AvgIpc) is 2.90. The summed E-state index contributed by atoms with van der Waals surface area (Å²) in [4.78, 5) is 0. The van der Waals surface area contributed by atoms with Crippen molar-refractivity contribution < 1.29 is 4.74 Å². The minimum atomic E-state index is 0.702. The highest BCUT2D eigenvalue weighted by Gasteiger charge is 2.03. The zero-order valence-corrected chi connectivity index (χ0v) is 12.2. The van der Waals surface area contributed by atoms with Gasteiger partial charge in [0, 0.05) is 16.9 Å². The zero-order chi connectivity index (χ0) is 13.8. The molecule has 0 fully saturated rings. The molecule has 3 aromatic rings. The highest BCUT2D eigenvalue weighted by Crippen LogP contribution is 2.26. The summed E-state index contributed by atoms with van der Waals surface area (Å²) in [5, 5.41) is 7.03. The van der Waals surface area contributed by atoms with E-state index in [1.165, 1.54) is 15.6 Å². The molecule has 0 aliphatic heterocycles. The number of rotatable bonds is 5. The standard InChI is InChI=1S/C17H17NOS/c1-2-19-15-9-7-14(8-10-15)18-11-13-12-20-17-6-4-3-5-16(13)17/h3-10,12,18H,2,11H2,1H3. The second-order valence-electron chi connectivity index (χ2n) is 4.57. The summed E-state index contributed by atoms with van der Waals surface area (Å²) in [6.45, 7) is 3.54. The molecule has 0 aliphatic carbocycles. The zero-order valence-electron chi connectivity index (χ0n) is 11.4. The van der Waals surface area contributed by atoms with Crippen LogP contribution in [0.15, 0.2) is 53.9 Å². The molecule has 0 saturated carbocycles. The lowest BCUT2D eigenvalue weighted by Gasteiger charge is -2.07. The Morgan fingerprint density at radius 3 is 2.65 bits per heavy atom. The van der Waals surface area contributed by atoms with E-state index in [0.717, 1.165) is 18.0 Å². The third-order valence-corrected chi connectivity index (χ3v) is 4.22. The van der Waals surface area contributed by atoms with Crippen LogP contribution in [0.2, 0.25) is 0 Å². The third-order valence-electron chi connectivity index (χ3n) is 3.21. The molecule has 102 valence electrons. The Morgan fingerprint density at radius 1 is 1.05 bits per heavy atom. The van der Waals surface area contributed by atoms with Crippen molar-refractivity contribution in [2.45, 2.75) is 13.5 Å². The monoisotopic (exact) mass is 283 g/mol. The molecule has 0 saturated heterocycles. The van der Waals surface area contributed by atoms with Crippen LogP contribution in [0.3, 0.4) is 0 Å². The first-order valence-electron chi connectivity index (χ1n) is 6.78. The second-order valence-corrected chi connectivity index (χ2v) is 5.48. The Morgan fingerprint density at radius 2 is 1.85 bits per heavy atom. The predicted octanol–water partition coefficient (Wildman–Crippen LogP) is 4.91. The minimum Gasteiger partial charge on any atom is -0.494 e. The molecule has 0 aliphatic rings. The molecular formula is C17H17NOS. The van der Waals surface area contributed by atoms with Gasteiger partial charge in [0.2, 0.25) is 0 Å². The number of thiophene rings is 1. The van der Waals surface area contributed by atoms with Crippen molar-refractivity contribution in [1.82, 2.24) is 0 Å².